The van der Waals surface area contributed by atoms with E-state index >= 15 is 0 Å². The van der Waals surface area contributed by atoms with E-state index in [0.29, 0.717) is 12.2 Å². The molecule has 1 fully saturated rings. The average Bonchev–Trinajstić information content (AvgIpc) is 3.07. The zero-order valence-electron chi connectivity index (χ0n) is 15.1. The Morgan fingerprint density at radius 3 is 2.54 bits per heavy atom. The number of nitrogens with zero attached hydrogens (tertiary/aromatic N) is 2. The highest BCUT2D eigenvalue weighted by atomic mass is 16.5. The summed E-state index contributed by atoms with van der Waals surface area (Å²) in [5, 5.41) is 2.87. The number of hydrogen-bond donors (Lipinski definition) is 1. The third kappa shape index (κ3) is 4.14. The maximum Gasteiger partial charge on any atom is 0.262 e. The molecule has 2 amide bonds. The van der Waals surface area contributed by atoms with Crippen LogP contribution in [0.15, 0.2) is 48.5 Å². The Balaban J connectivity index is 1.56. The van der Waals surface area contributed by atoms with E-state index in [2.05, 4.69) is 5.32 Å². The summed E-state index contributed by atoms with van der Waals surface area (Å²) in [5.41, 5.74) is 2.54. The van der Waals surface area contributed by atoms with Gasteiger partial charge in [-0.15, -0.1) is 0 Å². The third-order valence-electron chi connectivity index (χ3n) is 4.25. The van der Waals surface area contributed by atoms with Crippen molar-refractivity contribution in [1.29, 1.82) is 0 Å². The molecule has 0 atom stereocenters. The molecule has 0 aliphatic carbocycles. The highest BCUT2D eigenvalue weighted by molar-refractivity contribution is 5.96. The molecule has 1 aliphatic rings. The lowest BCUT2D eigenvalue weighted by molar-refractivity contribution is -0.118. The van der Waals surface area contributed by atoms with Crippen LogP contribution in [0.25, 0.3) is 0 Å². The van der Waals surface area contributed by atoms with Gasteiger partial charge in [-0.2, -0.15) is 0 Å². The molecular weight excluding hydrogens is 330 g/mol. The second kappa shape index (κ2) is 7.91. The van der Waals surface area contributed by atoms with E-state index in [9.17, 15) is 9.59 Å². The summed E-state index contributed by atoms with van der Waals surface area (Å²) < 4.78 is 5.56. The Kier molecular flexibility index (Phi) is 5.41. The first-order valence-corrected chi connectivity index (χ1v) is 8.64. The molecule has 0 aromatic heterocycles. The number of hydrogen-bond acceptors (Lipinski definition) is 4. The minimum Gasteiger partial charge on any atom is -0.484 e. The van der Waals surface area contributed by atoms with Crippen molar-refractivity contribution in [3.05, 3.63) is 48.5 Å². The van der Waals surface area contributed by atoms with Gasteiger partial charge >= 0.3 is 0 Å². The van der Waals surface area contributed by atoms with Crippen molar-refractivity contribution in [3.8, 4) is 5.75 Å². The van der Waals surface area contributed by atoms with Crippen LogP contribution < -0.4 is 19.9 Å². The fourth-order valence-electron chi connectivity index (χ4n) is 2.95. The van der Waals surface area contributed by atoms with Gasteiger partial charge in [-0.3, -0.25) is 9.59 Å². The molecule has 3 rings (SSSR count). The number of para-hydroxylation sites is 2. The number of anilines is 3. The highest BCUT2D eigenvalue weighted by Crippen LogP contribution is 2.25. The number of rotatable bonds is 6. The maximum atomic E-state index is 12.2. The lowest BCUT2D eigenvalue weighted by Crippen LogP contribution is -2.23. The predicted octanol–water partition coefficient (Wildman–Crippen LogP) is 2.90. The fourth-order valence-corrected chi connectivity index (χ4v) is 2.95. The van der Waals surface area contributed by atoms with E-state index in [1.807, 2.05) is 55.4 Å². The van der Waals surface area contributed by atoms with Crippen LogP contribution in [0.2, 0.25) is 0 Å². The zero-order valence-corrected chi connectivity index (χ0v) is 15.1. The number of nitrogens with one attached hydrogen (secondary N) is 1. The smallest absolute Gasteiger partial charge is 0.262 e. The Morgan fingerprint density at radius 1 is 1.15 bits per heavy atom. The number of carbonyl (C=O) groups excluding carboxylic acids is 2. The molecule has 0 saturated carbocycles. The molecule has 0 radical (unpaired) electrons. The Hall–Kier alpha value is -3.02. The molecule has 6 heteroatoms. The lowest BCUT2D eigenvalue weighted by Gasteiger charge is -2.18. The van der Waals surface area contributed by atoms with Crippen LogP contribution in [0.3, 0.4) is 0 Å². The van der Waals surface area contributed by atoms with Crippen LogP contribution >= 0.6 is 0 Å². The van der Waals surface area contributed by atoms with Crippen molar-refractivity contribution < 1.29 is 14.3 Å². The summed E-state index contributed by atoms with van der Waals surface area (Å²) in [6.07, 6.45) is 1.50. The van der Waals surface area contributed by atoms with Gasteiger partial charge in [-0.25, -0.2) is 0 Å². The third-order valence-corrected chi connectivity index (χ3v) is 4.25. The maximum absolute atomic E-state index is 12.2. The molecule has 1 aliphatic heterocycles. The monoisotopic (exact) mass is 353 g/mol. The number of carbonyl (C=O) groups is 2. The quantitative estimate of drug-likeness (QED) is 0.867. The standard InChI is InChI=1S/C20H23N3O3/c1-22(2)18-7-4-3-6-17(18)21-19(24)14-26-16-11-9-15(10-12-16)23-13-5-8-20(23)25/h3-4,6-7,9-12H,5,8,13-14H2,1-2H3,(H,21,24). The molecule has 0 unspecified atom stereocenters. The molecule has 1 heterocycles. The molecular formula is C20H23N3O3. The van der Waals surface area contributed by atoms with Gasteiger partial charge in [0.05, 0.1) is 11.4 Å². The fraction of sp³-hybridized carbons (Fsp3) is 0.300. The topological polar surface area (TPSA) is 61.9 Å². The summed E-state index contributed by atoms with van der Waals surface area (Å²) in [7, 11) is 3.85. The van der Waals surface area contributed by atoms with E-state index in [4.69, 9.17) is 4.74 Å². The van der Waals surface area contributed by atoms with E-state index < -0.39 is 0 Å². The molecule has 0 spiro atoms. The molecule has 6 nitrogen and oxygen atoms in total. The first-order valence-electron chi connectivity index (χ1n) is 8.64. The molecule has 0 bridgehead atoms. The summed E-state index contributed by atoms with van der Waals surface area (Å²) in [4.78, 5) is 27.6. The Labute approximate surface area is 153 Å². The molecule has 136 valence electrons. The zero-order chi connectivity index (χ0) is 18.5. The van der Waals surface area contributed by atoms with Crippen molar-refractivity contribution in [2.75, 3.05) is 42.4 Å². The molecule has 2 aromatic carbocycles. The van der Waals surface area contributed by atoms with E-state index in [-0.39, 0.29) is 18.4 Å². The average molecular weight is 353 g/mol. The first kappa shape index (κ1) is 17.8. The minimum atomic E-state index is -0.224. The highest BCUT2D eigenvalue weighted by Gasteiger charge is 2.21. The van der Waals surface area contributed by atoms with Crippen LogP contribution in [-0.4, -0.2) is 39.1 Å². The van der Waals surface area contributed by atoms with E-state index in [0.717, 1.165) is 30.0 Å². The minimum absolute atomic E-state index is 0.0796. The van der Waals surface area contributed by atoms with Crippen molar-refractivity contribution in [3.63, 3.8) is 0 Å². The summed E-state index contributed by atoms with van der Waals surface area (Å²) in [6.45, 7) is 0.677. The van der Waals surface area contributed by atoms with Gasteiger partial charge in [0.25, 0.3) is 5.91 Å². The van der Waals surface area contributed by atoms with Crippen molar-refractivity contribution in [2.45, 2.75) is 12.8 Å². The van der Waals surface area contributed by atoms with E-state index in [1.165, 1.54) is 0 Å². The van der Waals surface area contributed by atoms with E-state index in [1.54, 1.807) is 17.0 Å². The van der Waals surface area contributed by atoms with Gasteiger partial charge in [0, 0.05) is 32.7 Å². The summed E-state index contributed by atoms with van der Waals surface area (Å²) in [6, 6.07) is 14.8. The van der Waals surface area contributed by atoms with Crippen LogP contribution in [0.5, 0.6) is 5.75 Å². The second-order valence-corrected chi connectivity index (χ2v) is 6.39. The normalized spacial score (nSPS) is 13.6. The largest absolute Gasteiger partial charge is 0.484 e. The van der Waals surface area contributed by atoms with Crippen molar-refractivity contribution in [1.82, 2.24) is 0 Å². The Bertz CT molecular complexity index is 787. The Morgan fingerprint density at radius 2 is 1.88 bits per heavy atom. The van der Waals surface area contributed by atoms with Crippen molar-refractivity contribution in [2.24, 2.45) is 0 Å². The van der Waals surface area contributed by atoms with Gasteiger partial charge in [-0.1, -0.05) is 12.1 Å². The van der Waals surface area contributed by atoms with Gasteiger partial charge in [0.2, 0.25) is 5.91 Å². The molecule has 1 saturated heterocycles. The lowest BCUT2D eigenvalue weighted by atomic mass is 10.2. The molecule has 1 N–H and O–H groups in total. The predicted molar refractivity (Wildman–Crippen MR) is 103 cm³/mol. The van der Waals surface area contributed by atoms with Gasteiger partial charge < -0.3 is 19.9 Å². The summed E-state index contributed by atoms with van der Waals surface area (Å²) in [5.74, 6) is 0.521. The SMILES string of the molecule is CN(C)c1ccccc1NC(=O)COc1ccc(N2CCCC2=O)cc1. The van der Waals surface area contributed by atoms with Crippen molar-refractivity contribution >= 4 is 28.9 Å². The van der Waals surface area contributed by atoms with Gasteiger partial charge in [-0.05, 0) is 42.8 Å². The molecule has 2 aromatic rings. The second-order valence-electron chi connectivity index (χ2n) is 6.39. The van der Waals surface area contributed by atoms with Crippen LogP contribution in [0.1, 0.15) is 12.8 Å². The summed E-state index contributed by atoms with van der Waals surface area (Å²) >= 11 is 0. The van der Waals surface area contributed by atoms with Crippen LogP contribution in [0.4, 0.5) is 17.1 Å². The van der Waals surface area contributed by atoms with Crippen LogP contribution in [-0.2, 0) is 9.59 Å². The first-order chi connectivity index (χ1) is 12.5. The molecule has 26 heavy (non-hydrogen) atoms. The number of amides is 2. The van der Waals surface area contributed by atoms with Gasteiger partial charge in [0.1, 0.15) is 5.75 Å². The number of benzene rings is 2. The number of ether oxygens (including phenoxy) is 1. The van der Waals surface area contributed by atoms with Crippen LogP contribution in [0, 0.1) is 0 Å². The van der Waals surface area contributed by atoms with Gasteiger partial charge in [0.15, 0.2) is 6.61 Å².